The Labute approximate surface area is 54.8 Å². The minimum Gasteiger partial charge on any atom is -0.351 e. The maximum Gasteiger partial charge on any atom is 0.107 e. The second kappa shape index (κ2) is 1.88. The van der Waals surface area contributed by atoms with Crippen molar-refractivity contribution < 1.29 is 0 Å². The van der Waals surface area contributed by atoms with E-state index in [0.717, 1.165) is 4.47 Å². The van der Waals surface area contributed by atoms with Crippen LogP contribution < -0.4 is 0 Å². The highest BCUT2D eigenvalue weighted by atomic mass is 79.9. The van der Waals surface area contributed by atoms with Gasteiger partial charge in [-0.1, -0.05) is 11.6 Å². The van der Waals surface area contributed by atoms with Crippen LogP contribution in [0.4, 0.5) is 0 Å². The lowest BCUT2D eigenvalue weighted by Gasteiger charge is -1.67. The average molecular weight is 180 g/mol. The highest BCUT2D eigenvalue weighted by Crippen LogP contribution is 2.13. The first-order valence-electron chi connectivity index (χ1n) is 1.78. The summed E-state index contributed by atoms with van der Waals surface area (Å²) in [5.41, 5.74) is 0. The Morgan fingerprint density at radius 1 is 1.71 bits per heavy atom. The van der Waals surface area contributed by atoms with Gasteiger partial charge in [-0.05, 0) is 22.0 Å². The van der Waals surface area contributed by atoms with E-state index in [2.05, 4.69) is 20.9 Å². The molecule has 0 aliphatic heterocycles. The first-order valence-corrected chi connectivity index (χ1v) is 2.95. The molecule has 1 N–H and O–H groups in total. The third-order valence-corrected chi connectivity index (χ3v) is 1.29. The molecule has 0 fully saturated rings. The monoisotopic (exact) mass is 179 g/mol. The van der Waals surface area contributed by atoms with E-state index in [0.29, 0.717) is 5.15 Å². The minimum atomic E-state index is 0.659. The molecule has 0 bridgehead atoms. The zero-order valence-corrected chi connectivity index (χ0v) is 5.75. The molecule has 0 amide bonds. The second-order valence-electron chi connectivity index (χ2n) is 1.17. The van der Waals surface area contributed by atoms with Gasteiger partial charge in [-0.15, -0.1) is 0 Å². The predicted molar refractivity (Wildman–Crippen MR) is 33.5 cm³/mol. The first-order chi connectivity index (χ1) is 3.29. The van der Waals surface area contributed by atoms with Gasteiger partial charge >= 0.3 is 0 Å². The SMILES string of the molecule is Clc1cc(Br)c[nH]1. The molecule has 3 heteroatoms. The zero-order chi connectivity index (χ0) is 5.28. The number of aromatic nitrogens is 1. The molecule has 1 rings (SSSR count). The molecule has 0 aromatic carbocycles. The van der Waals surface area contributed by atoms with Crippen LogP contribution >= 0.6 is 27.5 Å². The Kier molecular flexibility index (Phi) is 1.40. The van der Waals surface area contributed by atoms with Gasteiger partial charge in [0, 0.05) is 10.7 Å². The van der Waals surface area contributed by atoms with Crippen molar-refractivity contribution in [1.82, 2.24) is 4.98 Å². The fourth-order valence-electron chi connectivity index (χ4n) is 0.342. The molecule has 1 aromatic rings. The summed E-state index contributed by atoms with van der Waals surface area (Å²) in [6.45, 7) is 0. The van der Waals surface area contributed by atoms with Crippen LogP contribution in [0.2, 0.25) is 5.15 Å². The van der Waals surface area contributed by atoms with Crippen LogP contribution in [0.1, 0.15) is 0 Å². The maximum atomic E-state index is 5.47. The summed E-state index contributed by atoms with van der Waals surface area (Å²) in [5.74, 6) is 0. The largest absolute Gasteiger partial charge is 0.351 e. The van der Waals surface area contributed by atoms with Gasteiger partial charge in [0.2, 0.25) is 0 Å². The summed E-state index contributed by atoms with van der Waals surface area (Å²) >= 11 is 8.69. The van der Waals surface area contributed by atoms with Gasteiger partial charge in [0.1, 0.15) is 5.15 Å². The number of halogens is 2. The zero-order valence-electron chi connectivity index (χ0n) is 3.41. The van der Waals surface area contributed by atoms with Crippen molar-refractivity contribution in [2.24, 2.45) is 0 Å². The smallest absolute Gasteiger partial charge is 0.107 e. The normalized spacial score (nSPS) is 9.43. The van der Waals surface area contributed by atoms with Crippen molar-refractivity contribution in [3.8, 4) is 0 Å². The molecule has 0 radical (unpaired) electrons. The van der Waals surface area contributed by atoms with E-state index in [1.165, 1.54) is 0 Å². The van der Waals surface area contributed by atoms with Gasteiger partial charge in [-0.2, -0.15) is 0 Å². The molecule has 0 atom stereocenters. The summed E-state index contributed by atoms with van der Waals surface area (Å²) in [4.78, 5) is 2.79. The Morgan fingerprint density at radius 2 is 2.43 bits per heavy atom. The number of aromatic amines is 1. The van der Waals surface area contributed by atoms with Crippen molar-refractivity contribution in [2.75, 3.05) is 0 Å². The highest BCUT2D eigenvalue weighted by Gasteiger charge is 1.86. The quantitative estimate of drug-likeness (QED) is 0.631. The fraction of sp³-hybridized carbons (Fsp3) is 0. The Hall–Kier alpha value is 0.0500. The molecule has 0 aliphatic rings. The predicted octanol–water partition coefficient (Wildman–Crippen LogP) is 2.43. The molecule has 1 nitrogen and oxygen atoms in total. The molecule has 0 aliphatic carbocycles. The lowest BCUT2D eigenvalue weighted by molar-refractivity contribution is 1.41. The maximum absolute atomic E-state index is 5.47. The van der Waals surface area contributed by atoms with Crippen molar-refractivity contribution in [3.63, 3.8) is 0 Å². The Bertz CT molecular complexity index is 144. The molecular weight excluding hydrogens is 177 g/mol. The standard InChI is InChI=1S/C4H3BrClN/c5-3-1-4(6)7-2-3/h1-2,7H. The van der Waals surface area contributed by atoms with Crippen molar-refractivity contribution in [3.05, 3.63) is 21.9 Å². The van der Waals surface area contributed by atoms with Crippen molar-refractivity contribution in [2.45, 2.75) is 0 Å². The third-order valence-electron chi connectivity index (χ3n) is 0.613. The molecule has 0 saturated heterocycles. The number of hydrogen-bond acceptors (Lipinski definition) is 0. The molecule has 0 unspecified atom stereocenters. The van der Waals surface area contributed by atoms with Crippen LogP contribution in [0.15, 0.2) is 16.7 Å². The van der Waals surface area contributed by atoms with Crippen LogP contribution in [-0.2, 0) is 0 Å². The van der Waals surface area contributed by atoms with Gasteiger partial charge in [-0.3, -0.25) is 0 Å². The van der Waals surface area contributed by atoms with Crippen molar-refractivity contribution >= 4 is 27.5 Å². The molecule has 1 heterocycles. The van der Waals surface area contributed by atoms with E-state index < -0.39 is 0 Å². The van der Waals surface area contributed by atoms with Gasteiger partial charge in [-0.25, -0.2) is 0 Å². The van der Waals surface area contributed by atoms with E-state index in [1.807, 2.05) is 0 Å². The average Bonchev–Trinajstić information content (AvgIpc) is 1.87. The van der Waals surface area contributed by atoms with Gasteiger partial charge < -0.3 is 4.98 Å². The molecule has 0 spiro atoms. The summed E-state index contributed by atoms with van der Waals surface area (Å²) in [7, 11) is 0. The van der Waals surface area contributed by atoms with Crippen molar-refractivity contribution in [1.29, 1.82) is 0 Å². The molecule has 7 heavy (non-hydrogen) atoms. The lowest BCUT2D eigenvalue weighted by Crippen LogP contribution is -1.49. The van der Waals surface area contributed by atoms with E-state index in [-0.39, 0.29) is 0 Å². The topological polar surface area (TPSA) is 15.8 Å². The van der Waals surface area contributed by atoms with Crippen LogP contribution in [0.5, 0.6) is 0 Å². The van der Waals surface area contributed by atoms with Crippen LogP contribution in [0, 0.1) is 0 Å². The third kappa shape index (κ3) is 1.21. The van der Waals surface area contributed by atoms with E-state index in [1.54, 1.807) is 12.3 Å². The second-order valence-corrected chi connectivity index (χ2v) is 2.49. The van der Waals surface area contributed by atoms with E-state index >= 15 is 0 Å². The van der Waals surface area contributed by atoms with Gasteiger partial charge in [0.25, 0.3) is 0 Å². The number of H-pyrrole nitrogens is 1. The van der Waals surface area contributed by atoms with Gasteiger partial charge in [0.05, 0.1) is 0 Å². The highest BCUT2D eigenvalue weighted by molar-refractivity contribution is 9.10. The lowest BCUT2D eigenvalue weighted by atomic mass is 10.7. The van der Waals surface area contributed by atoms with Crippen LogP contribution in [-0.4, -0.2) is 4.98 Å². The Morgan fingerprint density at radius 3 is 2.57 bits per heavy atom. The van der Waals surface area contributed by atoms with E-state index in [4.69, 9.17) is 11.6 Å². The summed E-state index contributed by atoms with van der Waals surface area (Å²) in [6.07, 6.45) is 1.78. The molecular formula is C4H3BrClN. The van der Waals surface area contributed by atoms with Crippen LogP contribution in [0.25, 0.3) is 0 Å². The van der Waals surface area contributed by atoms with Crippen LogP contribution in [0.3, 0.4) is 0 Å². The molecule has 1 aromatic heterocycles. The minimum absolute atomic E-state index is 0.659. The number of hydrogen-bond donors (Lipinski definition) is 1. The fourth-order valence-corrected chi connectivity index (χ4v) is 0.990. The summed E-state index contributed by atoms with van der Waals surface area (Å²) in [6, 6.07) is 1.79. The number of rotatable bonds is 0. The Balaban J connectivity index is 3.04. The summed E-state index contributed by atoms with van der Waals surface area (Å²) < 4.78 is 0.984. The van der Waals surface area contributed by atoms with E-state index in [9.17, 15) is 0 Å². The summed E-state index contributed by atoms with van der Waals surface area (Å²) in [5, 5.41) is 0.659. The molecule has 0 saturated carbocycles. The van der Waals surface area contributed by atoms with Gasteiger partial charge in [0.15, 0.2) is 0 Å². The first kappa shape index (κ1) is 5.19. The molecule has 38 valence electrons. The number of nitrogens with one attached hydrogen (secondary N) is 1.